The normalized spacial score (nSPS) is 14.2. The third kappa shape index (κ3) is 6.26. The number of hydrogen-bond donors (Lipinski definition) is 0. The molecule has 1 amide bonds. The first-order valence-corrected chi connectivity index (χ1v) is 14.4. The van der Waals surface area contributed by atoms with E-state index in [-0.39, 0.29) is 5.91 Å². The Kier molecular flexibility index (Phi) is 8.01. The zero-order chi connectivity index (χ0) is 30.8. The van der Waals surface area contributed by atoms with Crippen LogP contribution in [0, 0.1) is 0 Å². The topological polar surface area (TPSA) is 53.8 Å². The second kappa shape index (κ2) is 12.0. The maximum absolute atomic E-state index is 13.5. The van der Waals surface area contributed by atoms with Gasteiger partial charge in [-0.1, -0.05) is 30.3 Å². The molecule has 0 spiro atoms. The summed E-state index contributed by atoms with van der Waals surface area (Å²) in [5.41, 5.74) is 3.42. The molecule has 2 aromatic heterocycles. The van der Waals surface area contributed by atoms with Crippen LogP contribution in [0.4, 0.5) is 24.5 Å². The Balaban J connectivity index is 1.09. The van der Waals surface area contributed by atoms with Crippen LogP contribution in [0.3, 0.4) is 0 Å². The highest BCUT2D eigenvalue weighted by molar-refractivity contribution is 5.99. The van der Waals surface area contributed by atoms with E-state index in [1.807, 2.05) is 59.0 Å². The van der Waals surface area contributed by atoms with Crippen molar-refractivity contribution >= 4 is 28.2 Å². The predicted molar refractivity (Wildman–Crippen MR) is 164 cm³/mol. The van der Waals surface area contributed by atoms with Gasteiger partial charge in [0.15, 0.2) is 0 Å². The standard InChI is InChI=1S/C34H32F3N5O2/c1-39(27-10-8-26(9-11-27)34(35,36)37)28-12-15-32(38-22-28)44-29-13-14-30-25(20-29)21-31(40(30)2)33(43)42-18-16-41(17-19-42)23-24-6-4-3-5-7-24/h3-15,20-22H,16-19,23H2,1-2H3. The molecule has 3 heterocycles. The molecule has 0 bridgehead atoms. The van der Waals surface area contributed by atoms with Crippen LogP contribution in [0.15, 0.2) is 97.2 Å². The van der Waals surface area contributed by atoms with Crippen LogP contribution in [0.5, 0.6) is 11.6 Å². The number of pyridine rings is 1. The molecule has 1 fully saturated rings. The van der Waals surface area contributed by atoms with E-state index in [1.54, 1.807) is 30.3 Å². The largest absolute Gasteiger partial charge is 0.439 e. The van der Waals surface area contributed by atoms with Crippen molar-refractivity contribution in [3.05, 3.63) is 114 Å². The summed E-state index contributed by atoms with van der Waals surface area (Å²) in [6.07, 6.45) is -2.78. The molecule has 7 nitrogen and oxygen atoms in total. The third-order valence-electron chi connectivity index (χ3n) is 8.05. The van der Waals surface area contributed by atoms with Gasteiger partial charge in [0.25, 0.3) is 5.91 Å². The molecule has 6 rings (SSSR count). The highest BCUT2D eigenvalue weighted by Gasteiger charge is 2.30. The molecule has 226 valence electrons. The van der Waals surface area contributed by atoms with E-state index in [0.29, 0.717) is 41.8 Å². The highest BCUT2D eigenvalue weighted by Crippen LogP contribution is 2.33. The van der Waals surface area contributed by atoms with Gasteiger partial charge in [-0.05, 0) is 60.2 Å². The average Bonchev–Trinajstić information content (AvgIpc) is 3.36. The molecule has 0 radical (unpaired) electrons. The van der Waals surface area contributed by atoms with E-state index in [1.165, 1.54) is 17.7 Å². The van der Waals surface area contributed by atoms with Gasteiger partial charge in [0.05, 0.1) is 17.4 Å². The van der Waals surface area contributed by atoms with Crippen LogP contribution >= 0.6 is 0 Å². The van der Waals surface area contributed by atoms with Crippen molar-refractivity contribution in [3.8, 4) is 11.6 Å². The van der Waals surface area contributed by atoms with Gasteiger partial charge in [0.2, 0.25) is 5.88 Å². The minimum absolute atomic E-state index is 0.0138. The lowest BCUT2D eigenvalue weighted by Gasteiger charge is -2.34. The van der Waals surface area contributed by atoms with Gasteiger partial charge in [-0.2, -0.15) is 13.2 Å². The number of rotatable bonds is 7. The van der Waals surface area contributed by atoms with Gasteiger partial charge in [-0.15, -0.1) is 0 Å². The molecule has 0 unspecified atom stereocenters. The predicted octanol–water partition coefficient (Wildman–Crippen LogP) is 7.11. The van der Waals surface area contributed by atoms with Crippen LogP contribution < -0.4 is 9.64 Å². The van der Waals surface area contributed by atoms with E-state index in [0.717, 1.165) is 42.7 Å². The molecule has 1 aliphatic rings. The number of aromatic nitrogens is 2. The fourth-order valence-electron chi connectivity index (χ4n) is 5.48. The lowest BCUT2D eigenvalue weighted by Crippen LogP contribution is -2.48. The molecule has 0 atom stereocenters. The molecule has 1 saturated heterocycles. The minimum atomic E-state index is -4.38. The van der Waals surface area contributed by atoms with Crippen molar-refractivity contribution in [1.29, 1.82) is 0 Å². The summed E-state index contributed by atoms with van der Waals surface area (Å²) in [6.45, 7) is 3.89. The number of carbonyl (C=O) groups excluding carboxylic acids is 1. The summed E-state index contributed by atoms with van der Waals surface area (Å²) in [5, 5.41) is 0.884. The van der Waals surface area contributed by atoms with Gasteiger partial charge in [-0.3, -0.25) is 9.69 Å². The number of alkyl halides is 3. The van der Waals surface area contributed by atoms with Crippen LogP contribution in [0.25, 0.3) is 10.9 Å². The first kappa shape index (κ1) is 29.3. The van der Waals surface area contributed by atoms with Crippen LogP contribution in [0.1, 0.15) is 21.6 Å². The number of benzene rings is 3. The van der Waals surface area contributed by atoms with Gasteiger partial charge in [-0.25, -0.2) is 4.98 Å². The molecule has 0 saturated carbocycles. The van der Waals surface area contributed by atoms with E-state index in [2.05, 4.69) is 22.0 Å². The molecule has 44 heavy (non-hydrogen) atoms. The van der Waals surface area contributed by atoms with Crippen molar-refractivity contribution in [3.63, 3.8) is 0 Å². The Hall–Kier alpha value is -4.83. The number of fused-ring (bicyclic) bond motifs is 1. The zero-order valence-corrected chi connectivity index (χ0v) is 24.5. The van der Waals surface area contributed by atoms with Crippen molar-refractivity contribution < 1.29 is 22.7 Å². The minimum Gasteiger partial charge on any atom is -0.439 e. The van der Waals surface area contributed by atoms with E-state index >= 15 is 0 Å². The Bertz CT molecular complexity index is 1740. The van der Waals surface area contributed by atoms with E-state index in [4.69, 9.17) is 4.74 Å². The highest BCUT2D eigenvalue weighted by atomic mass is 19.4. The monoisotopic (exact) mass is 599 g/mol. The van der Waals surface area contributed by atoms with E-state index in [9.17, 15) is 18.0 Å². The molecule has 1 aliphatic heterocycles. The van der Waals surface area contributed by atoms with Crippen molar-refractivity contribution in [2.45, 2.75) is 12.7 Å². The summed E-state index contributed by atoms with van der Waals surface area (Å²) in [7, 11) is 3.65. The molecular formula is C34H32F3N5O2. The quantitative estimate of drug-likeness (QED) is 0.200. The molecule has 0 aliphatic carbocycles. The number of carbonyl (C=O) groups is 1. The number of halogens is 3. The number of aryl methyl sites for hydroxylation is 1. The summed E-state index contributed by atoms with van der Waals surface area (Å²) >= 11 is 0. The summed E-state index contributed by atoms with van der Waals surface area (Å²) in [4.78, 5) is 23.9. The molecule has 3 aromatic carbocycles. The Morgan fingerprint density at radius 1 is 0.886 bits per heavy atom. The first-order valence-electron chi connectivity index (χ1n) is 14.4. The van der Waals surface area contributed by atoms with E-state index < -0.39 is 11.7 Å². The second-order valence-electron chi connectivity index (χ2n) is 10.9. The third-order valence-corrected chi connectivity index (χ3v) is 8.05. The maximum Gasteiger partial charge on any atom is 0.416 e. The van der Waals surface area contributed by atoms with Gasteiger partial charge >= 0.3 is 6.18 Å². The number of amides is 1. The fraction of sp³-hybridized carbons (Fsp3) is 0.235. The number of piperazine rings is 1. The molecule has 0 N–H and O–H groups in total. The number of ether oxygens (including phenoxy) is 1. The summed E-state index contributed by atoms with van der Waals surface area (Å²) in [6, 6.07) is 26.4. The van der Waals surface area contributed by atoms with Crippen molar-refractivity contribution in [2.75, 3.05) is 38.1 Å². The Labute approximate surface area is 253 Å². The molecule has 5 aromatic rings. The average molecular weight is 600 g/mol. The fourth-order valence-corrected chi connectivity index (χ4v) is 5.48. The van der Waals surface area contributed by atoms with Gasteiger partial charge in [0, 0.05) is 69.5 Å². The van der Waals surface area contributed by atoms with Crippen LogP contribution in [-0.4, -0.2) is 58.5 Å². The number of nitrogens with zero attached hydrogens (tertiary/aromatic N) is 5. The zero-order valence-electron chi connectivity index (χ0n) is 24.5. The number of hydrogen-bond acceptors (Lipinski definition) is 5. The van der Waals surface area contributed by atoms with Crippen molar-refractivity contribution in [1.82, 2.24) is 19.4 Å². The smallest absolute Gasteiger partial charge is 0.416 e. The maximum atomic E-state index is 13.5. The summed E-state index contributed by atoms with van der Waals surface area (Å²) in [5.74, 6) is 0.961. The lowest BCUT2D eigenvalue weighted by molar-refractivity contribution is -0.137. The Morgan fingerprint density at radius 3 is 2.25 bits per heavy atom. The number of anilines is 2. The van der Waals surface area contributed by atoms with Gasteiger partial charge < -0.3 is 19.1 Å². The van der Waals surface area contributed by atoms with Crippen LogP contribution in [0.2, 0.25) is 0 Å². The van der Waals surface area contributed by atoms with Crippen LogP contribution in [-0.2, 0) is 19.8 Å². The Morgan fingerprint density at radius 2 is 1.59 bits per heavy atom. The molecular weight excluding hydrogens is 567 g/mol. The van der Waals surface area contributed by atoms with Crippen molar-refractivity contribution in [2.24, 2.45) is 7.05 Å². The summed E-state index contributed by atoms with van der Waals surface area (Å²) < 4.78 is 46.6. The second-order valence-corrected chi connectivity index (χ2v) is 10.9. The first-order chi connectivity index (χ1) is 21.2. The molecule has 10 heteroatoms. The van der Waals surface area contributed by atoms with Gasteiger partial charge in [0.1, 0.15) is 11.4 Å². The lowest BCUT2D eigenvalue weighted by atomic mass is 10.2. The SMILES string of the molecule is CN(c1ccc(C(F)(F)F)cc1)c1ccc(Oc2ccc3c(c2)cc(C(=O)N2CCN(Cc4ccccc4)CC2)n3C)nc1.